The first-order valence-electron chi connectivity index (χ1n) is 6.41. The van der Waals surface area contributed by atoms with E-state index in [-0.39, 0.29) is 11.9 Å². The predicted molar refractivity (Wildman–Crippen MR) is 88.2 cm³/mol. The summed E-state index contributed by atoms with van der Waals surface area (Å²) in [5, 5.41) is 2.88. The molecule has 0 fully saturated rings. The highest BCUT2D eigenvalue weighted by Crippen LogP contribution is 2.21. The maximum atomic E-state index is 13.2. The third kappa shape index (κ3) is 4.08. The summed E-state index contributed by atoms with van der Waals surface area (Å²) in [6.07, 6.45) is 2.02. The Balaban J connectivity index is 2.12. The van der Waals surface area contributed by atoms with E-state index in [0.717, 1.165) is 5.56 Å². The second-order valence-corrected chi connectivity index (χ2v) is 6.33. The van der Waals surface area contributed by atoms with Crippen molar-refractivity contribution in [3.63, 3.8) is 0 Å². The maximum Gasteiger partial charge on any atom is 0.253 e. The molecule has 2 aromatic rings. The summed E-state index contributed by atoms with van der Waals surface area (Å²) in [5.74, 6) is -0.733. The van der Waals surface area contributed by atoms with E-state index in [1.54, 1.807) is 11.8 Å². The van der Waals surface area contributed by atoms with Gasteiger partial charge in [0.2, 0.25) is 0 Å². The minimum absolute atomic E-state index is 0.149. The van der Waals surface area contributed by atoms with Crippen LogP contribution in [0.4, 0.5) is 4.39 Å². The van der Waals surface area contributed by atoms with Crippen LogP contribution in [0.25, 0.3) is 0 Å². The largest absolute Gasteiger partial charge is 0.345 e. The van der Waals surface area contributed by atoms with Crippen LogP contribution in [0.3, 0.4) is 0 Å². The number of carbonyl (C=O) groups is 1. The minimum atomic E-state index is -0.430. The normalized spacial score (nSPS) is 12.0. The van der Waals surface area contributed by atoms with Gasteiger partial charge >= 0.3 is 0 Å². The predicted octanol–water partition coefficient (Wildman–Crippen LogP) is 4.80. The molecule has 2 rings (SSSR count). The Morgan fingerprint density at radius 3 is 2.52 bits per heavy atom. The van der Waals surface area contributed by atoms with Crippen LogP contribution in [0.2, 0.25) is 0 Å². The molecule has 0 radical (unpaired) electrons. The molecule has 2 aromatic carbocycles. The van der Waals surface area contributed by atoms with Crippen LogP contribution < -0.4 is 5.32 Å². The number of carbonyl (C=O) groups excluding carboxylic acids is 1. The number of halogens is 2. The van der Waals surface area contributed by atoms with Crippen molar-refractivity contribution >= 4 is 33.6 Å². The van der Waals surface area contributed by atoms with Gasteiger partial charge in [-0.05, 0) is 65.0 Å². The summed E-state index contributed by atoms with van der Waals surface area (Å²) in [4.78, 5) is 13.4. The van der Waals surface area contributed by atoms with Gasteiger partial charge in [0.1, 0.15) is 5.82 Å². The van der Waals surface area contributed by atoms with E-state index in [4.69, 9.17) is 0 Å². The Morgan fingerprint density at radius 2 is 1.90 bits per heavy atom. The van der Waals surface area contributed by atoms with Crippen LogP contribution in [0, 0.1) is 5.82 Å². The molecule has 0 heterocycles. The highest BCUT2D eigenvalue weighted by molar-refractivity contribution is 9.10. The number of thioether (sulfide) groups is 1. The molecule has 2 nitrogen and oxygen atoms in total. The average Bonchev–Trinajstić information content (AvgIpc) is 2.49. The fourth-order valence-electron chi connectivity index (χ4n) is 1.92. The van der Waals surface area contributed by atoms with Crippen molar-refractivity contribution in [3.05, 3.63) is 63.9 Å². The van der Waals surface area contributed by atoms with E-state index in [9.17, 15) is 9.18 Å². The molecule has 1 amide bonds. The highest BCUT2D eigenvalue weighted by Gasteiger charge is 2.14. The Morgan fingerprint density at radius 1 is 1.24 bits per heavy atom. The quantitative estimate of drug-likeness (QED) is 0.786. The first kappa shape index (κ1) is 16.0. The molecule has 0 aliphatic heterocycles. The molecule has 5 heteroatoms. The number of amides is 1. The Bertz CT molecular complexity index is 645. The summed E-state index contributed by atoms with van der Waals surface area (Å²) in [5.41, 5.74) is 1.30. The lowest BCUT2D eigenvalue weighted by molar-refractivity contribution is 0.0938. The van der Waals surface area contributed by atoms with Crippen molar-refractivity contribution in [1.29, 1.82) is 0 Å². The number of benzene rings is 2. The smallest absolute Gasteiger partial charge is 0.253 e. The lowest BCUT2D eigenvalue weighted by Crippen LogP contribution is -2.27. The van der Waals surface area contributed by atoms with Crippen molar-refractivity contribution in [1.82, 2.24) is 5.32 Å². The molecule has 0 spiro atoms. The zero-order valence-electron chi connectivity index (χ0n) is 11.7. The molecular formula is C16H15BrFNOS. The zero-order valence-corrected chi connectivity index (χ0v) is 14.1. The van der Waals surface area contributed by atoms with E-state index in [1.165, 1.54) is 23.1 Å². The van der Waals surface area contributed by atoms with E-state index < -0.39 is 5.82 Å². The van der Waals surface area contributed by atoms with Crippen molar-refractivity contribution in [3.8, 4) is 0 Å². The van der Waals surface area contributed by atoms with Crippen LogP contribution >= 0.6 is 27.7 Å². The zero-order chi connectivity index (χ0) is 15.4. The second kappa shape index (κ2) is 7.09. The van der Waals surface area contributed by atoms with Crippen molar-refractivity contribution in [2.45, 2.75) is 17.9 Å². The lowest BCUT2D eigenvalue weighted by atomic mass is 10.1. The molecule has 1 N–H and O–H groups in total. The first-order chi connectivity index (χ1) is 10.0. The number of hydrogen-bond acceptors (Lipinski definition) is 2. The molecule has 0 saturated carbocycles. The van der Waals surface area contributed by atoms with Gasteiger partial charge in [0, 0.05) is 9.37 Å². The molecule has 21 heavy (non-hydrogen) atoms. The fraction of sp³-hybridized carbons (Fsp3) is 0.188. The summed E-state index contributed by atoms with van der Waals surface area (Å²) >= 11 is 4.93. The number of nitrogens with one attached hydrogen (secondary N) is 1. The Hall–Kier alpha value is -1.33. The van der Waals surface area contributed by atoms with Crippen LogP contribution in [-0.4, -0.2) is 12.2 Å². The lowest BCUT2D eigenvalue weighted by Gasteiger charge is -2.15. The van der Waals surface area contributed by atoms with E-state index in [0.29, 0.717) is 10.0 Å². The summed E-state index contributed by atoms with van der Waals surface area (Å²) < 4.78 is 13.8. The van der Waals surface area contributed by atoms with Gasteiger partial charge in [0.15, 0.2) is 0 Å². The van der Waals surface area contributed by atoms with E-state index in [2.05, 4.69) is 21.2 Å². The fourth-order valence-corrected chi connectivity index (χ4v) is 2.76. The first-order valence-corrected chi connectivity index (χ1v) is 8.43. The molecule has 1 unspecified atom stereocenters. The summed E-state index contributed by atoms with van der Waals surface area (Å²) in [6.45, 7) is 1.90. The van der Waals surface area contributed by atoms with Crippen molar-refractivity contribution in [2.75, 3.05) is 6.26 Å². The third-order valence-electron chi connectivity index (χ3n) is 3.14. The van der Waals surface area contributed by atoms with Crippen molar-refractivity contribution in [2.24, 2.45) is 0 Å². The van der Waals surface area contributed by atoms with Gasteiger partial charge in [0.25, 0.3) is 5.91 Å². The molecule has 0 aliphatic carbocycles. The molecule has 1 atom stereocenters. The molecular weight excluding hydrogens is 353 g/mol. The Labute approximate surface area is 136 Å². The Kier molecular flexibility index (Phi) is 5.42. The maximum absolute atomic E-state index is 13.2. The van der Waals surface area contributed by atoms with Crippen LogP contribution in [0.15, 0.2) is 51.8 Å². The third-order valence-corrected chi connectivity index (χ3v) is 4.57. The minimum Gasteiger partial charge on any atom is -0.345 e. The molecule has 0 bridgehead atoms. The monoisotopic (exact) mass is 367 g/mol. The van der Waals surface area contributed by atoms with Gasteiger partial charge in [-0.3, -0.25) is 4.79 Å². The molecule has 0 aliphatic rings. The second-order valence-electron chi connectivity index (χ2n) is 4.59. The highest BCUT2D eigenvalue weighted by atomic mass is 79.9. The van der Waals surface area contributed by atoms with Gasteiger partial charge in [0.05, 0.1) is 11.6 Å². The SMILES string of the molecule is CSc1ccc(C(C)NC(=O)c2cc(F)ccc2Br)cc1. The van der Waals surface area contributed by atoms with Crippen LogP contribution in [0.1, 0.15) is 28.9 Å². The summed E-state index contributed by atoms with van der Waals surface area (Å²) in [6, 6.07) is 11.9. The standard InChI is InChI=1S/C16H15BrFNOS/c1-10(11-3-6-13(21-2)7-4-11)19-16(20)14-9-12(18)5-8-15(14)17/h3-10H,1-2H3,(H,19,20). The molecule has 0 saturated heterocycles. The summed E-state index contributed by atoms with van der Waals surface area (Å²) in [7, 11) is 0. The van der Waals surface area contributed by atoms with Crippen molar-refractivity contribution < 1.29 is 9.18 Å². The van der Waals surface area contributed by atoms with Gasteiger partial charge in [-0.1, -0.05) is 12.1 Å². The molecule has 110 valence electrons. The topological polar surface area (TPSA) is 29.1 Å². The average molecular weight is 368 g/mol. The van der Waals surface area contributed by atoms with E-state index in [1.807, 2.05) is 37.4 Å². The molecule has 0 aromatic heterocycles. The van der Waals surface area contributed by atoms with Gasteiger partial charge in [-0.15, -0.1) is 11.8 Å². The van der Waals surface area contributed by atoms with E-state index >= 15 is 0 Å². The van der Waals surface area contributed by atoms with Gasteiger partial charge in [-0.25, -0.2) is 4.39 Å². The number of rotatable bonds is 4. The van der Waals surface area contributed by atoms with Crippen LogP contribution in [-0.2, 0) is 0 Å². The van der Waals surface area contributed by atoms with Crippen LogP contribution in [0.5, 0.6) is 0 Å². The number of hydrogen-bond donors (Lipinski definition) is 1. The van der Waals surface area contributed by atoms with Gasteiger partial charge < -0.3 is 5.32 Å². The van der Waals surface area contributed by atoms with Gasteiger partial charge in [-0.2, -0.15) is 0 Å².